The lowest BCUT2D eigenvalue weighted by Gasteiger charge is -2.30. The Morgan fingerprint density at radius 2 is 1.87 bits per heavy atom. The topological polar surface area (TPSA) is 60.9 Å². The van der Waals surface area contributed by atoms with Crippen LogP contribution < -0.4 is 0 Å². The lowest BCUT2D eigenvalue weighted by molar-refractivity contribution is 0.167. The summed E-state index contributed by atoms with van der Waals surface area (Å²) in [6.07, 6.45) is 2.34. The maximum absolute atomic E-state index is 12.0. The van der Waals surface area contributed by atoms with Gasteiger partial charge in [-0.3, -0.25) is 0 Å². The van der Waals surface area contributed by atoms with Crippen LogP contribution in [0.3, 0.4) is 0 Å². The second-order valence-electron chi connectivity index (χ2n) is 4.10. The third kappa shape index (κ3) is 3.41. The number of piperidine rings is 1. The first kappa shape index (κ1) is 12.9. The summed E-state index contributed by atoms with van der Waals surface area (Å²) in [5, 5.41) is 9.16. The molecule has 0 bridgehead atoms. The van der Waals surface area contributed by atoms with E-state index in [0.717, 1.165) is 19.3 Å². The molecule has 1 N–H and O–H groups in total. The summed E-state index contributed by atoms with van der Waals surface area (Å²) >= 11 is 0. The SMILES string of the molecule is CC(O)CN(C)S(=O)(=O)N1CCCCC1. The molecule has 1 saturated heterocycles. The van der Waals surface area contributed by atoms with Gasteiger partial charge in [0.2, 0.25) is 0 Å². The Labute approximate surface area is 91.9 Å². The first-order valence-electron chi connectivity index (χ1n) is 5.34. The van der Waals surface area contributed by atoms with Crippen LogP contribution in [0.4, 0.5) is 0 Å². The van der Waals surface area contributed by atoms with Gasteiger partial charge in [0.25, 0.3) is 10.2 Å². The molecule has 0 spiro atoms. The molecular weight excluding hydrogens is 216 g/mol. The monoisotopic (exact) mass is 236 g/mol. The van der Waals surface area contributed by atoms with Crippen molar-refractivity contribution in [3.05, 3.63) is 0 Å². The number of hydrogen-bond acceptors (Lipinski definition) is 3. The summed E-state index contributed by atoms with van der Waals surface area (Å²) in [5.74, 6) is 0. The van der Waals surface area contributed by atoms with Gasteiger partial charge in [0.05, 0.1) is 6.10 Å². The van der Waals surface area contributed by atoms with E-state index in [1.165, 1.54) is 15.7 Å². The Kier molecular flexibility index (Phi) is 4.51. The van der Waals surface area contributed by atoms with Gasteiger partial charge in [-0.25, -0.2) is 0 Å². The van der Waals surface area contributed by atoms with Crippen molar-refractivity contribution in [3.8, 4) is 0 Å². The van der Waals surface area contributed by atoms with E-state index in [1.807, 2.05) is 0 Å². The molecule has 0 aromatic heterocycles. The van der Waals surface area contributed by atoms with E-state index in [9.17, 15) is 8.42 Å². The molecule has 0 amide bonds. The van der Waals surface area contributed by atoms with E-state index in [4.69, 9.17) is 5.11 Å². The van der Waals surface area contributed by atoms with E-state index in [0.29, 0.717) is 13.1 Å². The van der Waals surface area contributed by atoms with E-state index >= 15 is 0 Å². The molecule has 1 aliphatic rings. The van der Waals surface area contributed by atoms with Crippen LogP contribution >= 0.6 is 0 Å². The van der Waals surface area contributed by atoms with Crippen molar-refractivity contribution < 1.29 is 13.5 Å². The Morgan fingerprint density at radius 1 is 1.33 bits per heavy atom. The van der Waals surface area contributed by atoms with Crippen LogP contribution in [0.1, 0.15) is 26.2 Å². The summed E-state index contributed by atoms with van der Waals surface area (Å²) in [5.41, 5.74) is 0. The smallest absolute Gasteiger partial charge is 0.281 e. The minimum absolute atomic E-state index is 0.152. The van der Waals surface area contributed by atoms with Crippen LogP contribution in [0.15, 0.2) is 0 Å². The van der Waals surface area contributed by atoms with Crippen LogP contribution in [-0.4, -0.2) is 54.9 Å². The maximum Gasteiger partial charge on any atom is 0.281 e. The van der Waals surface area contributed by atoms with Gasteiger partial charge in [-0.15, -0.1) is 0 Å². The van der Waals surface area contributed by atoms with Gasteiger partial charge in [0.15, 0.2) is 0 Å². The predicted octanol–water partition coefficient (Wildman–Crippen LogP) is 0.0297. The third-order valence-electron chi connectivity index (χ3n) is 2.56. The average Bonchev–Trinajstić information content (AvgIpc) is 2.18. The van der Waals surface area contributed by atoms with Gasteiger partial charge in [-0.05, 0) is 19.8 Å². The quantitative estimate of drug-likeness (QED) is 0.749. The molecule has 0 radical (unpaired) electrons. The Balaban J connectivity index is 2.63. The first-order valence-corrected chi connectivity index (χ1v) is 6.74. The number of aliphatic hydroxyl groups excluding tert-OH is 1. The Hall–Kier alpha value is -0.170. The highest BCUT2D eigenvalue weighted by atomic mass is 32.2. The number of rotatable bonds is 4. The second-order valence-corrected chi connectivity index (χ2v) is 6.13. The highest BCUT2D eigenvalue weighted by Crippen LogP contribution is 2.15. The molecule has 90 valence electrons. The molecule has 1 aliphatic heterocycles. The minimum Gasteiger partial charge on any atom is -0.392 e. The van der Waals surface area contributed by atoms with E-state index in [2.05, 4.69) is 0 Å². The number of likely N-dealkylation sites (N-methyl/N-ethyl adjacent to an activating group) is 1. The van der Waals surface area contributed by atoms with Crippen LogP contribution in [-0.2, 0) is 10.2 Å². The van der Waals surface area contributed by atoms with Crippen molar-refractivity contribution in [2.75, 3.05) is 26.7 Å². The fourth-order valence-electron chi connectivity index (χ4n) is 1.76. The Morgan fingerprint density at radius 3 is 2.33 bits per heavy atom. The first-order chi connectivity index (χ1) is 6.94. The highest BCUT2D eigenvalue weighted by Gasteiger charge is 2.28. The van der Waals surface area contributed by atoms with Crippen molar-refractivity contribution in [2.45, 2.75) is 32.3 Å². The van der Waals surface area contributed by atoms with Crippen LogP contribution in [0.25, 0.3) is 0 Å². The van der Waals surface area contributed by atoms with Crippen molar-refractivity contribution in [2.24, 2.45) is 0 Å². The summed E-state index contributed by atoms with van der Waals surface area (Å²) < 4.78 is 26.6. The molecule has 1 atom stereocenters. The largest absolute Gasteiger partial charge is 0.392 e. The summed E-state index contributed by atoms with van der Waals surface area (Å²) in [7, 11) is -1.84. The van der Waals surface area contributed by atoms with Crippen molar-refractivity contribution >= 4 is 10.2 Å². The van der Waals surface area contributed by atoms with Crippen LogP contribution in [0, 0.1) is 0 Å². The van der Waals surface area contributed by atoms with Crippen LogP contribution in [0.5, 0.6) is 0 Å². The lowest BCUT2D eigenvalue weighted by atomic mass is 10.2. The summed E-state index contributed by atoms with van der Waals surface area (Å²) in [6.45, 7) is 2.94. The van der Waals surface area contributed by atoms with Crippen molar-refractivity contribution in [3.63, 3.8) is 0 Å². The van der Waals surface area contributed by atoms with Gasteiger partial charge < -0.3 is 5.11 Å². The number of hydrogen-bond donors (Lipinski definition) is 1. The summed E-state index contributed by atoms with van der Waals surface area (Å²) in [4.78, 5) is 0. The average molecular weight is 236 g/mol. The van der Waals surface area contributed by atoms with E-state index < -0.39 is 16.3 Å². The van der Waals surface area contributed by atoms with Gasteiger partial charge in [0.1, 0.15) is 0 Å². The summed E-state index contributed by atoms with van der Waals surface area (Å²) in [6, 6.07) is 0. The molecule has 1 heterocycles. The molecule has 0 saturated carbocycles. The zero-order valence-corrected chi connectivity index (χ0v) is 10.2. The molecular formula is C9H20N2O3S. The number of aliphatic hydroxyl groups is 1. The standard InChI is InChI=1S/C9H20N2O3S/c1-9(12)8-10(2)15(13,14)11-6-4-3-5-7-11/h9,12H,3-8H2,1-2H3. The van der Waals surface area contributed by atoms with Gasteiger partial charge >= 0.3 is 0 Å². The van der Waals surface area contributed by atoms with E-state index in [-0.39, 0.29) is 6.54 Å². The van der Waals surface area contributed by atoms with Gasteiger partial charge in [0, 0.05) is 26.7 Å². The molecule has 15 heavy (non-hydrogen) atoms. The van der Waals surface area contributed by atoms with Crippen LogP contribution in [0.2, 0.25) is 0 Å². The fraction of sp³-hybridized carbons (Fsp3) is 1.00. The molecule has 1 fully saturated rings. The molecule has 0 aliphatic carbocycles. The predicted molar refractivity (Wildman–Crippen MR) is 58.7 cm³/mol. The van der Waals surface area contributed by atoms with Crippen molar-refractivity contribution in [1.82, 2.24) is 8.61 Å². The minimum atomic E-state index is -3.35. The Bertz CT molecular complexity index is 284. The lowest BCUT2D eigenvalue weighted by Crippen LogP contribution is -2.46. The third-order valence-corrected chi connectivity index (χ3v) is 4.51. The second kappa shape index (κ2) is 5.25. The number of nitrogens with zero attached hydrogens (tertiary/aromatic N) is 2. The molecule has 6 heteroatoms. The molecule has 5 nitrogen and oxygen atoms in total. The van der Waals surface area contributed by atoms with Gasteiger partial charge in [-0.2, -0.15) is 17.0 Å². The highest BCUT2D eigenvalue weighted by molar-refractivity contribution is 7.86. The molecule has 1 rings (SSSR count). The zero-order valence-electron chi connectivity index (χ0n) is 9.39. The van der Waals surface area contributed by atoms with Crippen molar-refractivity contribution in [1.29, 1.82) is 0 Å². The normalized spacial score (nSPS) is 21.9. The maximum atomic E-state index is 12.0. The molecule has 0 aromatic rings. The zero-order chi connectivity index (χ0) is 11.5. The van der Waals surface area contributed by atoms with Gasteiger partial charge in [-0.1, -0.05) is 6.42 Å². The fourth-order valence-corrected chi connectivity index (χ4v) is 3.28. The molecule has 1 unspecified atom stereocenters. The van der Waals surface area contributed by atoms with E-state index in [1.54, 1.807) is 6.92 Å². The molecule has 0 aromatic carbocycles.